The summed E-state index contributed by atoms with van der Waals surface area (Å²) in [7, 11) is 1.62. The molecule has 0 aliphatic heterocycles. The van der Waals surface area contributed by atoms with Crippen molar-refractivity contribution in [2.45, 2.75) is 44.1 Å². The fraction of sp³-hybridized carbons (Fsp3) is 0.533. The van der Waals surface area contributed by atoms with E-state index in [9.17, 15) is 4.79 Å². The lowest BCUT2D eigenvalue weighted by molar-refractivity contribution is -0.124. The Labute approximate surface area is 122 Å². The highest BCUT2D eigenvalue weighted by molar-refractivity contribution is 9.10. The molecule has 1 saturated carbocycles. The third-order valence-electron chi connectivity index (χ3n) is 3.89. The maximum absolute atomic E-state index is 12.5. The van der Waals surface area contributed by atoms with Crippen LogP contribution in [0.4, 0.5) is 0 Å². The van der Waals surface area contributed by atoms with Crippen LogP contribution in [0, 0.1) is 0 Å². The fourth-order valence-electron chi connectivity index (χ4n) is 2.70. The third kappa shape index (κ3) is 3.37. The molecule has 104 valence electrons. The van der Waals surface area contributed by atoms with E-state index >= 15 is 0 Å². The molecule has 3 nitrogen and oxygen atoms in total. The van der Waals surface area contributed by atoms with Crippen LogP contribution in [0.15, 0.2) is 22.7 Å². The first-order chi connectivity index (χ1) is 9.05. The molecule has 0 spiro atoms. The molecule has 1 aliphatic carbocycles. The first-order valence-electron chi connectivity index (χ1n) is 6.70. The Hall–Kier alpha value is -0.870. The van der Waals surface area contributed by atoms with E-state index in [-0.39, 0.29) is 5.78 Å². The van der Waals surface area contributed by atoms with Gasteiger partial charge in [0.15, 0.2) is 5.78 Å². The maximum Gasteiger partial charge on any atom is 0.157 e. The standard InChI is InChI=1S/C15H20BrNO2/c1-19-13-6-5-12(16)9-11(13)10-14(18)15(17)7-3-2-4-8-15/h5-6,9H,2-4,7-8,10,17H2,1H3. The van der Waals surface area contributed by atoms with Crippen LogP contribution in [0.3, 0.4) is 0 Å². The van der Waals surface area contributed by atoms with Gasteiger partial charge in [-0.2, -0.15) is 0 Å². The molecular formula is C15H20BrNO2. The van der Waals surface area contributed by atoms with Crippen LogP contribution in [0.1, 0.15) is 37.7 Å². The summed E-state index contributed by atoms with van der Waals surface area (Å²) in [4.78, 5) is 12.5. The Kier molecular flexibility index (Phi) is 4.63. The summed E-state index contributed by atoms with van der Waals surface area (Å²) in [5, 5.41) is 0. The van der Waals surface area contributed by atoms with Crippen LogP contribution in [0.25, 0.3) is 0 Å². The minimum Gasteiger partial charge on any atom is -0.496 e. The number of methoxy groups -OCH3 is 1. The SMILES string of the molecule is COc1ccc(Br)cc1CC(=O)C1(N)CCCCC1. The van der Waals surface area contributed by atoms with E-state index in [1.165, 1.54) is 6.42 Å². The third-order valence-corrected chi connectivity index (χ3v) is 4.39. The lowest BCUT2D eigenvalue weighted by atomic mass is 9.78. The van der Waals surface area contributed by atoms with Crippen molar-refractivity contribution >= 4 is 21.7 Å². The predicted molar refractivity (Wildman–Crippen MR) is 79.4 cm³/mol. The number of nitrogens with two attached hydrogens (primary N) is 1. The van der Waals surface area contributed by atoms with Crippen LogP contribution < -0.4 is 10.5 Å². The van der Waals surface area contributed by atoms with Gasteiger partial charge in [0.25, 0.3) is 0 Å². The molecule has 0 aromatic heterocycles. The van der Waals surface area contributed by atoms with Crippen LogP contribution in [-0.4, -0.2) is 18.4 Å². The average Bonchev–Trinajstić information content (AvgIpc) is 2.40. The number of ether oxygens (including phenoxy) is 1. The zero-order chi connectivity index (χ0) is 13.9. The molecular weight excluding hydrogens is 306 g/mol. The van der Waals surface area contributed by atoms with E-state index in [2.05, 4.69) is 15.9 Å². The number of carbonyl (C=O) groups excluding carboxylic acids is 1. The topological polar surface area (TPSA) is 52.3 Å². The summed E-state index contributed by atoms with van der Waals surface area (Å²) < 4.78 is 6.26. The van der Waals surface area contributed by atoms with Gasteiger partial charge in [0.1, 0.15) is 5.75 Å². The molecule has 19 heavy (non-hydrogen) atoms. The van der Waals surface area contributed by atoms with Gasteiger partial charge in [-0.1, -0.05) is 35.2 Å². The number of benzene rings is 1. The van der Waals surface area contributed by atoms with Crippen LogP contribution in [0.5, 0.6) is 5.75 Å². The molecule has 1 aromatic carbocycles. The van der Waals surface area contributed by atoms with Crippen molar-refractivity contribution < 1.29 is 9.53 Å². The summed E-state index contributed by atoms with van der Waals surface area (Å²) in [6.07, 6.45) is 5.26. The largest absolute Gasteiger partial charge is 0.496 e. The van der Waals surface area contributed by atoms with Crippen LogP contribution in [-0.2, 0) is 11.2 Å². The van der Waals surface area contributed by atoms with E-state index in [1.54, 1.807) is 7.11 Å². The van der Waals surface area contributed by atoms with Gasteiger partial charge < -0.3 is 10.5 Å². The Bertz CT molecular complexity index is 467. The summed E-state index contributed by atoms with van der Waals surface area (Å²) >= 11 is 3.43. The second-order valence-corrected chi connectivity index (χ2v) is 6.19. The van der Waals surface area contributed by atoms with Crippen molar-refractivity contribution in [3.63, 3.8) is 0 Å². The van der Waals surface area contributed by atoms with Gasteiger partial charge in [0.05, 0.1) is 12.6 Å². The number of halogens is 1. The van der Waals surface area contributed by atoms with Crippen molar-refractivity contribution in [1.82, 2.24) is 0 Å². The molecule has 2 rings (SSSR count). The second-order valence-electron chi connectivity index (χ2n) is 5.27. The molecule has 0 atom stereocenters. The summed E-state index contributed by atoms with van der Waals surface area (Å²) in [5.74, 6) is 0.875. The fourth-order valence-corrected chi connectivity index (χ4v) is 3.10. The van der Waals surface area contributed by atoms with E-state index in [1.807, 2.05) is 18.2 Å². The minimum atomic E-state index is -0.633. The molecule has 0 saturated heterocycles. The van der Waals surface area contributed by atoms with E-state index in [4.69, 9.17) is 10.5 Å². The quantitative estimate of drug-likeness (QED) is 0.924. The number of hydrogen-bond acceptors (Lipinski definition) is 3. The van der Waals surface area contributed by atoms with Crippen LogP contribution >= 0.6 is 15.9 Å². The van der Waals surface area contributed by atoms with Gasteiger partial charge in [0, 0.05) is 16.5 Å². The monoisotopic (exact) mass is 325 g/mol. The highest BCUT2D eigenvalue weighted by Crippen LogP contribution is 2.30. The van der Waals surface area contributed by atoms with Crippen LogP contribution in [0.2, 0.25) is 0 Å². The number of hydrogen-bond donors (Lipinski definition) is 1. The smallest absolute Gasteiger partial charge is 0.157 e. The molecule has 0 bridgehead atoms. The summed E-state index contributed by atoms with van der Waals surface area (Å²) in [6.45, 7) is 0. The van der Waals surface area contributed by atoms with Gasteiger partial charge in [-0.3, -0.25) is 4.79 Å². The Morgan fingerprint density at radius 3 is 2.68 bits per heavy atom. The number of ketones is 1. The molecule has 0 heterocycles. The first kappa shape index (κ1) is 14.5. The molecule has 0 amide bonds. The highest BCUT2D eigenvalue weighted by atomic mass is 79.9. The zero-order valence-electron chi connectivity index (χ0n) is 11.2. The van der Waals surface area contributed by atoms with Gasteiger partial charge in [-0.15, -0.1) is 0 Å². The maximum atomic E-state index is 12.5. The van der Waals surface area contributed by atoms with Gasteiger partial charge in [0.2, 0.25) is 0 Å². The Balaban J connectivity index is 2.16. The van der Waals surface area contributed by atoms with Gasteiger partial charge in [-0.25, -0.2) is 0 Å². The first-order valence-corrected chi connectivity index (χ1v) is 7.49. The molecule has 1 aliphatic rings. The van der Waals surface area contributed by atoms with Crippen molar-refractivity contribution in [3.8, 4) is 5.75 Å². The van der Waals surface area contributed by atoms with Gasteiger partial charge in [-0.05, 0) is 31.0 Å². The number of rotatable bonds is 4. The molecule has 0 radical (unpaired) electrons. The van der Waals surface area contributed by atoms with Crippen molar-refractivity contribution in [3.05, 3.63) is 28.2 Å². The lowest BCUT2D eigenvalue weighted by Gasteiger charge is -2.32. The highest BCUT2D eigenvalue weighted by Gasteiger charge is 2.35. The molecule has 4 heteroatoms. The molecule has 0 unspecified atom stereocenters. The molecule has 1 fully saturated rings. The minimum absolute atomic E-state index is 0.128. The molecule has 1 aromatic rings. The number of Topliss-reactive ketones (excluding diaryl/α,β-unsaturated/α-hetero) is 1. The molecule has 2 N–H and O–H groups in total. The summed E-state index contributed by atoms with van der Waals surface area (Å²) in [5.41, 5.74) is 6.54. The Morgan fingerprint density at radius 2 is 2.05 bits per heavy atom. The normalized spacial score (nSPS) is 18.1. The summed E-state index contributed by atoms with van der Waals surface area (Å²) in [6, 6.07) is 5.71. The number of carbonyl (C=O) groups is 1. The second kappa shape index (κ2) is 6.06. The van der Waals surface area contributed by atoms with Crippen molar-refractivity contribution in [2.24, 2.45) is 5.73 Å². The van der Waals surface area contributed by atoms with Crippen molar-refractivity contribution in [2.75, 3.05) is 7.11 Å². The van der Waals surface area contributed by atoms with E-state index in [0.717, 1.165) is 41.5 Å². The predicted octanol–water partition coefficient (Wildman–Crippen LogP) is 3.23. The average molecular weight is 326 g/mol. The zero-order valence-corrected chi connectivity index (χ0v) is 12.8. The van der Waals surface area contributed by atoms with Crippen molar-refractivity contribution in [1.29, 1.82) is 0 Å². The Morgan fingerprint density at radius 1 is 1.37 bits per heavy atom. The van der Waals surface area contributed by atoms with E-state index < -0.39 is 5.54 Å². The van der Waals surface area contributed by atoms with E-state index in [0.29, 0.717) is 6.42 Å². The lowest BCUT2D eigenvalue weighted by Crippen LogP contribution is -2.50. The van der Waals surface area contributed by atoms with Gasteiger partial charge >= 0.3 is 0 Å².